The van der Waals surface area contributed by atoms with Crippen LogP contribution in [0.2, 0.25) is 0 Å². The SMILES string of the molecule is COC(=O)NC[C@@H]1CC[C@H](C(=O)O)CC1c1ccc(C[C@H](NC(=O)OC)C(=O)O)nc1. The van der Waals surface area contributed by atoms with Crippen LogP contribution in [-0.4, -0.2) is 66.1 Å². The lowest BCUT2D eigenvalue weighted by Gasteiger charge is -2.35. The third-order valence-electron chi connectivity index (χ3n) is 5.50. The van der Waals surface area contributed by atoms with Gasteiger partial charge in [0.15, 0.2) is 0 Å². The molecule has 2 rings (SSSR count). The van der Waals surface area contributed by atoms with E-state index in [-0.39, 0.29) is 18.3 Å². The van der Waals surface area contributed by atoms with Crippen molar-refractivity contribution in [1.29, 1.82) is 0 Å². The highest BCUT2D eigenvalue weighted by Crippen LogP contribution is 2.40. The fourth-order valence-corrected chi connectivity index (χ4v) is 3.78. The Balaban J connectivity index is 2.14. The van der Waals surface area contributed by atoms with Gasteiger partial charge in [-0.05, 0) is 42.7 Å². The second-order valence-corrected chi connectivity index (χ2v) is 7.40. The smallest absolute Gasteiger partial charge is 0.407 e. The summed E-state index contributed by atoms with van der Waals surface area (Å²) in [7, 11) is 2.41. The van der Waals surface area contributed by atoms with Crippen LogP contribution < -0.4 is 10.6 Å². The minimum Gasteiger partial charge on any atom is -0.481 e. The molecule has 31 heavy (non-hydrogen) atoms. The summed E-state index contributed by atoms with van der Waals surface area (Å²) in [4.78, 5) is 49.9. The Bertz CT molecular complexity index is 798. The molecule has 1 aliphatic carbocycles. The molecule has 4 atom stereocenters. The Hall–Kier alpha value is -3.37. The summed E-state index contributed by atoms with van der Waals surface area (Å²) in [6.07, 6.45) is 1.69. The largest absolute Gasteiger partial charge is 0.481 e. The maximum atomic E-state index is 11.5. The van der Waals surface area contributed by atoms with Crippen molar-refractivity contribution in [2.75, 3.05) is 20.8 Å². The van der Waals surface area contributed by atoms with E-state index in [0.29, 0.717) is 31.5 Å². The molecule has 0 aliphatic heterocycles. The third-order valence-corrected chi connectivity index (χ3v) is 5.50. The zero-order chi connectivity index (χ0) is 23.0. The molecule has 1 saturated carbocycles. The van der Waals surface area contributed by atoms with Crippen molar-refractivity contribution in [3.05, 3.63) is 29.6 Å². The van der Waals surface area contributed by atoms with Gasteiger partial charge in [-0.25, -0.2) is 14.4 Å². The Morgan fingerprint density at radius 3 is 2.39 bits per heavy atom. The lowest BCUT2D eigenvalue weighted by atomic mass is 9.71. The number of rotatable bonds is 8. The van der Waals surface area contributed by atoms with Crippen molar-refractivity contribution < 1.29 is 38.9 Å². The molecular formula is C20H27N3O8. The van der Waals surface area contributed by atoms with Crippen LogP contribution in [0.25, 0.3) is 0 Å². The second-order valence-electron chi connectivity index (χ2n) is 7.40. The molecule has 11 nitrogen and oxygen atoms in total. The number of hydrogen-bond acceptors (Lipinski definition) is 7. The minimum absolute atomic E-state index is 0.00936. The predicted octanol–water partition coefficient (Wildman–Crippen LogP) is 1.37. The lowest BCUT2D eigenvalue weighted by molar-refractivity contribution is -0.143. The first-order chi connectivity index (χ1) is 14.7. The normalized spacial score (nSPS) is 21.4. The number of carboxylic acids is 2. The first-order valence-electron chi connectivity index (χ1n) is 9.81. The van der Waals surface area contributed by atoms with Gasteiger partial charge in [0.1, 0.15) is 6.04 Å². The van der Waals surface area contributed by atoms with Crippen molar-refractivity contribution in [2.45, 2.75) is 37.6 Å². The molecule has 1 aromatic rings. The maximum Gasteiger partial charge on any atom is 0.407 e. The van der Waals surface area contributed by atoms with E-state index >= 15 is 0 Å². The summed E-state index contributed by atoms with van der Waals surface area (Å²) in [6, 6.07) is 2.23. The summed E-state index contributed by atoms with van der Waals surface area (Å²) in [5.41, 5.74) is 1.25. The average molecular weight is 437 g/mol. The van der Waals surface area contributed by atoms with E-state index in [1.54, 1.807) is 18.3 Å². The van der Waals surface area contributed by atoms with Crippen molar-refractivity contribution in [2.24, 2.45) is 11.8 Å². The van der Waals surface area contributed by atoms with Crippen LogP contribution in [0.15, 0.2) is 18.3 Å². The van der Waals surface area contributed by atoms with Gasteiger partial charge in [-0.15, -0.1) is 0 Å². The second kappa shape index (κ2) is 11.1. The van der Waals surface area contributed by atoms with Gasteiger partial charge in [-0.1, -0.05) is 6.07 Å². The molecule has 1 unspecified atom stereocenters. The Morgan fingerprint density at radius 2 is 1.84 bits per heavy atom. The van der Waals surface area contributed by atoms with Gasteiger partial charge in [-0.2, -0.15) is 0 Å². The number of hydrogen-bond donors (Lipinski definition) is 4. The van der Waals surface area contributed by atoms with Crippen molar-refractivity contribution in [3.8, 4) is 0 Å². The van der Waals surface area contributed by atoms with Gasteiger partial charge in [0, 0.05) is 24.9 Å². The van der Waals surface area contributed by atoms with Crippen LogP contribution in [0.3, 0.4) is 0 Å². The van der Waals surface area contributed by atoms with Gasteiger partial charge in [-0.3, -0.25) is 9.78 Å². The maximum absolute atomic E-state index is 11.5. The summed E-state index contributed by atoms with van der Waals surface area (Å²) in [5, 5.41) is 23.6. The number of alkyl carbamates (subject to hydrolysis) is 2. The van der Waals surface area contributed by atoms with E-state index in [1.165, 1.54) is 7.11 Å². The Labute approximate surface area is 179 Å². The highest BCUT2D eigenvalue weighted by Gasteiger charge is 2.35. The first-order valence-corrected chi connectivity index (χ1v) is 9.81. The number of amides is 2. The fraction of sp³-hybridized carbons (Fsp3) is 0.550. The van der Waals surface area contributed by atoms with Crippen LogP contribution in [0.5, 0.6) is 0 Å². The number of methoxy groups -OCH3 is 2. The summed E-state index contributed by atoms with van der Waals surface area (Å²) >= 11 is 0. The van der Waals surface area contributed by atoms with Crippen molar-refractivity contribution in [3.63, 3.8) is 0 Å². The van der Waals surface area contributed by atoms with E-state index in [0.717, 1.165) is 12.7 Å². The number of carbonyl (C=O) groups excluding carboxylic acids is 2. The van der Waals surface area contributed by atoms with E-state index in [4.69, 9.17) is 0 Å². The number of aliphatic carboxylic acids is 2. The van der Waals surface area contributed by atoms with Gasteiger partial charge in [0.25, 0.3) is 0 Å². The molecule has 1 aromatic heterocycles. The number of nitrogens with zero attached hydrogens (tertiary/aromatic N) is 1. The molecule has 0 radical (unpaired) electrons. The molecule has 2 amide bonds. The van der Waals surface area contributed by atoms with Gasteiger partial charge < -0.3 is 30.3 Å². The first kappa shape index (κ1) is 23.9. The van der Waals surface area contributed by atoms with Crippen LogP contribution in [0.4, 0.5) is 9.59 Å². The Kier molecular flexibility index (Phi) is 8.59. The monoisotopic (exact) mass is 437 g/mol. The Morgan fingerprint density at radius 1 is 1.13 bits per heavy atom. The average Bonchev–Trinajstić information content (AvgIpc) is 2.77. The fourth-order valence-electron chi connectivity index (χ4n) is 3.78. The zero-order valence-electron chi connectivity index (χ0n) is 17.4. The van der Waals surface area contributed by atoms with Crippen molar-refractivity contribution in [1.82, 2.24) is 15.6 Å². The number of pyridine rings is 1. The number of nitrogens with one attached hydrogen (secondary N) is 2. The quantitative estimate of drug-likeness (QED) is 0.470. The highest BCUT2D eigenvalue weighted by molar-refractivity contribution is 5.80. The molecule has 4 N–H and O–H groups in total. The molecule has 0 saturated heterocycles. The zero-order valence-corrected chi connectivity index (χ0v) is 17.4. The molecule has 0 aromatic carbocycles. The summed E-state index contributed by atoms with van der Waals surface area (Å²) in [6.45, 7) is 0.343. The molecular weight excluding hydrogens is 410 g/mol. The predicted molar refractivity (Wildman–Crippen MR) is 107 cm³/mol. The molecule has 0 bridgehead atoms. The minimum atomic E-state index is -1.22. The topological polar surface area (TPSA) is 164 Å². The van der Waals surface area contributed by atoms with Gasteiger partial charge in [0.05, 0.1) is 20.1 Å². The highest BCUT2D eigenvalue weighted by atomic mass is 16.5. The van der Waals surface area contributed by atoms with Gasteiger partial charge >= 0.3 is 24.1 Å². The van der Waals surface area contributed by atoms with E-state index in [9.17, 15) is 29.4 Å². The van der Waals surface area contributed by atoms with E-state index < -0.39 is 36.1 Å². The standard InChI is InChI=1S/C20H27N3O8/c1-30-19(28)22-10-12-4-3-11(17(24)25)7-15(12)13-5-6-14(21-9-13)8-16(18(26)27)23-20(29)31-2/h5-6,9,11-12,15-16H,3-4,7-8,10H2,1-2H3,(H,22,28)(H,23,29)(H,24,25)(H,26,27)/t11-,12-,15?,16-/m0/s1. The lowest BCUT2D eigenvalue weighted by Crippen LogP contribution is -2.42. The third kappa shape index (κ3) is 6.83. The molecule has 170 valence electrons. The number of aromatic nitrogens is 1. The molecule has 11 heteroatoms. The molecule has 1 fully saturated rings. The molecule has 1 aliphatic rings. The van der Waals surface area contributed by atoms with E-state index in [2.05, 4.69) is 25.1 Å². The van der Waals surface area contributed by atoms with Crippen LogP contribution in [-0.2, 0) is 25.5 Å². The summed E-state index contributed by atoms with van der Waals surface area (Å²) in [5.74, 6) is -2.69. The molecule has 0 spiro atoms. The van der Waals surface area contributed by atoms with Crippen LogP contribution in [0.1, 0.15) is 36.4 Å². The van der Waals surface area contributed by atoms with Crippen molar-refractivity contribution >= 4 is 24.1 Å². The van der Waals surface area contributed by atoms with Crippen LogP contribution >= 0.6 is 0 Å². The van der Waals surface area contributed by atoms with Gasteiger partial charge in [0.2, 0.25) is 0 Å². The number of ether oxygens (including phenoxy) is 2. The van der Waals surface area contributed by atoms with E-state index in [1.807, 2.05) is 0 Å². The summed E-state index contributed by atoms with van der Waals surface area (Å²) < 4.78 is 9.04. The number of carboxylic acid groups (broad SMARTS) is 2. The molecule has 1 heterocycles. The number of carbonyl (C=O) groups is 4. The van der Waals surface area contributed by atoms with Crippen LogP contribution in [0, 0.1) is 11.8 Å².